The molecule has 2 amide bonds. The molecule has 0 N–H and O–H groups in total. The Morgan fingerprint density at radius 3 is 2.38 bits per heavy atom. The lowest BCUT2D eigenvalue weighted by Crippen LogP contribution is -2.56. The maximum atomic E-state index is 13.7. The summed E-state index contributed by atoms with van der Waals surface area (Å²) in [5.41, 5.74) is 0.508. The lowest BCUT2D eigenvalue weighted by atomic mass is 9.68. The molecule has 0 aromatic heterocycles. The van der Waals surface area contributed by atoms with Crippen LogP contribution < -0.4 is 10.1 Å². The average Bonchev–Trinajstić information content (AvgIpc) is 3.19. The van der Waals surface area contributed by atoms with Gasteiger partial charge in [0.15, 0.2) is 0 Å². The van der Waals surface area contributed by atoms with Crippen molar-refractivity contribution in [2.45, 2.75) is 44.4 Å². The molecule has 1 saturated carbocycles. The largest absolute Gasteiger partial charge is 0.325 e. The number of hydrogen-bond donors (Lipinski definition) is 0. The van der Waals surface area contributed by atoms with Gasteiger partial charge in [-0.2, -0.15) is 0 Å². The number of nitrogens with zero attached hydrogens (tertiary/aromatic N) is 2. The van der Waals surface area contributed by atoms with E-state index < -0.39 is 8.07 Å². The van der Waals surface area contributed by atoms with E-state index in [9.17, 15) is 9.59 Å². The standard InChI is InChI=1S/C26H29BrN2O2Si/c1-17(32(3,4)21-8-6-5-7-9-21)22-16-28-25(31)29(19-12-10-18(27)11-13-19)24-15-20(30)14-23(22)26(24,28)2/h5-13,22-24H,1,14-16H2,2-4H3/t22-,23+,24+,26-/m0/s1. The van der Waals surface area contributed by atoms with Crippen LogP contribution in [0.1, 0.15) is 19.8 Å². The van der Waals surface area contributed by atoms with Crippen LogP contribution in [0.5, 0.6) is 0 Å². The number of ketones is 1. The summed E-state index contributed by atoms with van der Waals surface area (Å²) in [4.78, 5) is 30.6. The first-order chi connectivity index (χ1) is 15.2. The van der Waals surface area contributed by atoms with Gasteiger partial charge in [-0.15, -0.1) is 6.58 Å². The summed E-state index contributed by atoms with van der Waals surface area (Å²) in [7, 11) is -1.98. The molecule has 4 nitrogen and oxygen atoms in total. The summed E-state index contributed by atoms with van der Waals surface area (Å²) in [5, 5.41) is 2.60. The Bertz CT molecular complexity index is 1100. The molecule has 166 valence electrons. The molecule has 3 fully saturated rings. The summed E-state index contributed by atoms with van der Waals surface area (Å²) in [6, 6.07) is 18.3. The first-order valence-electron chi connectivity index (χ1n) is 11.3. The highest BCUT2D eigenvalue weighted by Crippen LogP contribution is 2.55. The van der Waals surface area contributed by atoms with Crippen LogP contribution in [0.2, 0.25) is 13.1 Å². The monoisotopic (exact) mass is 508 g/mol. The Morgan fingerprint density at radius 1 is 1.06 bits per heavy atom. The number of carbonyl (C=O) groups is 2. The second-order valence-electron chi connectivity index (χ2n) is 10.2. The van der Waals surface area contributed by atoms with Gasteiger partial charge in [-0.3, -0.25) is 9.69 Å². The second kappa shape index (κ2) is 7.42. The number of halogens is 1. The molecule has 0 unspecified atom stereocenters. The van der Waals surface area contributed by atoms with Crippen molar-refractivity contribution in [3.63, 3.8) is 0 Å². The quantitative estimate of drug-likeness (QED) is 0.536. The molecule has 2 heterocycles. The fourth-order valence-corrected chi connectivity index (χ4v) is 9.18. The van der Waals surface area contributed by atoms with E-state index in [4.69, 9.17) is 0 Å². The van der Waals surface area contributed by atoms with Gasteiger partial charge in [-0.1, -0.05) is 69.7 Å². The Balaban J connectivity index is 1.53. The summed E-state index contributed by atoms with van der Waals surface area (Å²) in [6.45, 7) is 12.2. The molecule has 6 heteroatoms. The summed E-state index contributed by atoms with van der Waals surface area (Å²) in [5.74, 6) is 0.527. The maximum absolute atomic E-state index is 13.7. The predicted octanol–water partition coefficient (Wildman–Crippen LogP) is 5.14. The van der Waals surface area contributed by atoms with Gasteiger partial charge in [-0.25, -0.2) is 4.79 Å². The molecule has 2 aromatic carbocycles. The van der Waals surface area contributed by atoms with E-state index in [0.717, 1.165) is 10.2 Å². The predicted molar refractivity (Wildman–Crippen MR) is 135 cm³/mol. The molecule has 2 aliphatic heterocycles. The molecule has 5 rings (SSSR count). The third-order valence-corrected chi connectivity index (χ3v) is 12.6. The molecule has 4 atom stereocenters. The number of urea groups is 1. The molecule has 1 aliphatic carbocycles. The van der Waals surface area contributed by atoms with Crippen molar-refractivity contribution in [2.24, 2.45) is 11.8 Å². The third kappa shape index (κ3) is 2.99. The van der Waals surface area contributed by atoms with E-state index >= 15 is 0 Å². The van der Waals surface area contributed by atoms with Crippen molar-refractivity contribution >= 4 is 46.7 Å². The first-order valence-corrected chi connectivity index (χ1v) is 15.1. The van der Waals surface area contributed by atoms with Gasteiger partial charge in [0.25, 0.3) is 0 Å². The van der Waals surface area contributed by atoms with Gasteiger partial charge in [0.1, 0.15) is 13.9 Å². The van der Waals surface area contributed by atoms with Crippen molar-refractivity contribution in [3.8, 4) is 0 Å². The first kappa shape index (κ1) is 21.7. The summed E-state index contributed by atoms with van der Waals surface area (Å²) >= 11 is 3.48. The van der Waals surface area contributed by atoms with Crippen LogP contribution in [0.25, 0.3) is 0 Å². The number of rotatable bonds is 4. The Hall–Kier alpha value is -2.18. The van der Waals surface area contributed by atoms with Crippen LogP contribution in [-0.2, 0) is 4.79 Å². The molecule has 0 bridgehead atoms. The number of benzene rings is 2. The minimum atomic E-state index is -1.98. The topological polar surface area (TPSA) is 40.6 Å². The molecule has 2 saturated heterocycles. The fourth-order valence-electron chi connectivity index (χ4n) is 6.30. The lowest BCUT2D eigenvalue weighted by molar-refractivity contribution is -0.124. The Morgan fingerprint density at radius 2 is 1.72 bits per heavy atom. The van der Waals surface area contributed by atoms with E-state index in [2.05, 4.69) is 71.7 Å². The number of amides is 2. The van der Waals surface area contributed by atoms with Gasteiger partial charge in [0.05, 0.1) is 11.6 Å². The van der Waals surface area contributed by atoms with Gasteiger partial charge in [0.2, 0.25) is 0 Å². The smallest absolute Gasteiger partial charge is 0.316 e. The van der Waals surface area contributed by atoms with Crippen molar-refractivity contribution in [3.05, 3.63) is 70.8 Å². The zero-order valence-electron chi connectivity index (χ0n) is 18.8. The van der Waals surface area contributed by atoms with Crippen LogP contribution in [0, 0.1) is 11.8 Å². The van der Waals surface area contributed by atoms with Crippen molar-refractivity contribution < 1.29 is 9.59 Å². The van der Waals surface area contributed by atoms with Gasteiger partial charge >= 0.3 is 6.03 Å². The van der Waals surface area contributed by atoms with Gasteiger partial charge in [-0.05, 0) is 43.0 Å². The van der Waals surface area contributed by atoms with Gasteiger partial charge < -0.3 is 4.90 Å². The van der Waals surface area contributed by atoms with E-state index in [1.165, 1.54) is 10.4 Å². The van der Waals surface area contributed by atoms with E-state index in [0.29, 0.717) is 19.4 Å². The minimum Gasteiger partial charge on any atom is -0.316 e. The van der Waals surface area contributed by atoms with Crippen LogP contribution in [0.3, 0.4) is 0 Å². The number of carbonyl (C=O) groups excluding carboxylic acids is 2. The number of hydrogen-bond acceptors (Lipinski definition) is 2. The van der Waals surface area contributed by atoms with Crippen LogP contribution in [0.15, 0.2) is 70.8 Å². The fraction of sp³-hybridized carbons (Fsp3) is 0.385. The van der Waals surface area contributed by atoms with E-state index in [1.54, 1.807) is 0 Å². The van der Waals surface area contributed by atoms with Crippen LogP contribution in [-0.4, -0.2) is 42.9 Å². The van der Waals surface area contributed by atoms with Crippen molar-refractivity contribution in [2.75, 3.05) is 11.4 Å². The highest BCUT2D eigenvalue weighted by Gasteiger charge is 2.67. The highest BCUT2D eigenvalue weighted by molar-refractivity contribution is 9.10. The number of Topliss-reactive ketones (excluding diaryl/α,β-unsaturated/α-hetero) is 1. The second-order valence-corrected chi connectivity index (χ2v) is 15.5. The van der Waals surface area contributed by atoms with Crippen LogP contribution >= 0.6 is 15.9 Å². The summed E-state index contributed by atoms with van der Waals surface area (Å²) in [6.07, 6.45) is 0.956. The summed E-state index contributed by atoms with van der Waals surface area (Å²) < 4.78 is 0.974. The normalized spacial score (nSPS) is 29.4. The van der Waals surface area contributed by atoms with Crippen molar-refractivity contribution in [1.29, 1.82) is 0 Å². The highest BCUT2D eigenvalue weighted by atomic mass is 79.9. The minimum absolute atomic E-state index is 0.0222. The molecular formula is C26H29BrN2O2Si. The molecule has 2 aromatic rings. The molecule has 0 radical (unpaired) electrons. The van der Waals surface area contributed by atoms with E-state index in [1.807, 2.05) is 35.2 Å². The van der Waals surface area contributed by atoms with Gasteiger partial charge in [0, 0.05) is 29.5 Å². The zero-order chi connectivity index (χ0) is 22.8. The Labute approximate surface area is 199 Å². The molecule has 0 spiro atoms. The van der Waals surface area contributed by atoms with E-state index in [-0.39, 0.29) is 35.2 Å². The SMILES string of the molecule is C=C([C@@H]1CN2C(=O)N(c3ccc(Br)cc3)[C@@H]3CC(=O)C[C@H]1[C@@]32C)[Si](C)(C)c1ccccc1. The van der Waals surface area contributed by atoms with Crippen molar-refractivity contribution in [1.82, 2.24) is 4.90 Å². The third-order valence-electron chi connectivity index (χ3n) is 8.34. The molecule has 32 heavy (non-hydrogen) atoms. The average molecular weight is 510 g/mol. The molecular weight excluding hydrogens is 480 g/mol. The zero-order valence-corrected chi connectivity index (χ0v) is 21.4. The lowest BCUT2D eigenvalue weighted by Gasteiger charge is -2.44. The maximum Gasteiger partial charge on any atom is 0.325 e. The Kier molecular flexibility index (Phi) is 5.02. The number of anilines is 1. The van der Waals surface area contributed by atoms with Crippen LogP contribution in [0.4, 0.5) is 10.5 Å². The molecule has 3 aliphatic rings.